The van der Waals surface area contributed by atoms with Crippen molar-refractivity contribution in [1.82, 2.24) is 0 Å². The Morgan fingerprint density at radius 2 is 1.27 bits per heavy atom. The molecule has 8 nitrogen and oxygen atoms in total. The van der Waals surface area contributed by atoms with Crippen LogP contribution in [0.5, 0.6) is 17.2 Å². The number of nitrogens with zero attached hydrogens (tertiary/aromatic N) is 3. The quantitative estimate of drug-likeness (QED) is 0.162. The Morgan fingerprint density at radius 1 is 0.800 bits per heavy atom. The van der Waals surface area contributed by atoms with Crippen LogP contribution in [0.15, 0.2) is 96.1 Å². The van der Waals surface area contributed by atoms with Crippen LogP contribution in [0.3, 0.4) is 0 Å². The van der Waals surface area contributed by atoms with Crippen molar-refractivity contribution in [1.29, 1.82) is 0 Å². The van der Waals surface area contributed by atoms with E-state index in [4.69, 9.17) is 23.8 Å². The van der Waals surface area contributed by atoms with Crippen molar-refractivity contribution in [3.63, 3.8) is 0 Å². The summed E-state index contributed by atoms with van der Waals surface area (Å²) in [4.78, 5) is 2.75. The molecule has 0 fully saturated rings. The fraction of sp³-hybridized carbons (Fsp3) is 0.143. The third-order valence-corrected chi connectivity index (χ3v) is 5.15. The standard InChI is InChI=1S/C21H20N3O5P/c22-24-23-16-21(17-26-18-10-4-1-5-11-18)29-30(25,27-19-12-6-2-7-13-19)28-20-14-8-3-9-15-20/h1-15,21H,16-17H2. The molecule has 154 valence electrons. The highest BCUT2D eigenvalue weighted by Crippen LogP contribution is 2.50. The highest BCUT2D eigenvalue weighted by atomic mass is 31.2. The predicted molar refractivity (Wildman–Crippen MR) is 113 cm³/mol. The van der Waals surface area contributed by atoms with E-state index < -0.39 is 13.9 Å². The van der Waals surface area contributed by atoms with Gasteiger partial charge in [0.2, 0.25) is 0 Å². The van der Waals surface area contributed by atoms with Gasteiger partial charge in [0.25, 0.3) is 0 Å². The molecule has 3 aromatic rings. The van der Waals surface area contributed by atoms with Gasteiger partial charge in [-0.05, 0) is 41.9 Å². The van der Waals surface area contributed by atoms with Gasteiger partial charge >= 0.3 is 7.82 Å². The van der Waals surface area contributed by atoms with E-state index in [2.05, 4.69) is 10.0 Å². The molecule has 0 aliphatic heterocycles. The first-order valence-corrected chi connectivity index (χ1v) is 10.6. The van der Waals surface area contributed by atoms with Gasteiger partial charge in [-0.15, -0.1) is 0 Å². The molecule has 0 saturated heterocycles. The van der Waals surface area contributed by atoms with Crippen LogP contribution in [0.1, 0.15) is 0 Å². The number of benzene rings is 3. The third-order valence-electron chi connectivity index (χ3n) is 3.73. The molecule has 0 aromatic heterocycles. The van der Waals surface area contributed by atoms with E-state index in [1.165, 1.54) is 0 Å². The zero-order chi connectivity index (χ0) is 21.1. The van der Waals surface area contributed by atoms with Gasteiger partial charge in [0.1, 0.15) is 30.0 Å². The number of azide groups is 1. The van der Waals surface area contributed by atoms with E-state index in [1.54, 1.807) is 72.8 Å². The molecule has 1 atom stereocenters. The minimum absolute atomic E-state index is 0.0245. The van der Waals surface area contributed by atoms with Gasteiger partial charge in [-0.1, -0.05) is 59.7 Å². The van der Waals surface area contributed by atoms with Crippen molar-refractivity contribution in [3.05, 3.63) is 101 Å². The number of rotatable bonds is 11. The van der Waals surface area contributed by atoms with E-state index in [1.807, 2.05) is 18.2 Å². The lowest BCUT2D eigenvalue weighted by Gasteiger charge is -2.23. The molecule has 0 bridgehead atoms. The molecular weight excluding hydrogens is 405 g/mol. The lowest BCUT2D eigenvalue weighted by Crippen LogP contribution is -2.26. The summed E-state index contributed by atoms with van der Waals surface area (Å²) in [6, 6.07) is 26.1. The van der Waals surface area contributed by atoms with Gasteiger partial charge in [0, 0.05) is 4.91 Å². The molecule has 3 aromatic carbocycles. The molecular formula is C21H20N3O5P. The van der Waals surface area contributed by atoms with Crippen molar-refractivity contribution in [3.8, 4) is 17.2 Å². The van der Waals surface area contributed by atoms with Crippen molar-refractivity contribution in [2.45, 2.75) is 6.10 Å². The highest BCUT2D eigenvalue weighted by Gasteiger charge is 2.35. The Hall–Kier alpha value is -3.44. The molecule has 9 heteroatoms. The molecule has 0 spiro atoms. The summed E-state index contributed by atoms with van der Waals surface area (Å²) in [6.45, 7) is -0.146. The minimum Gasteiger partial charge on any atom is -0.491 e. The minimum atomic E-state index is -4.14. The maximum absolute atomic E-state index is 13.5. The first kappa shape index (κ1) is 21.3. The Bertz CT molecular complexity index is 953. The fourth-order valence-electron chi connectivity index (χ4n) is 2.42. The number of hydrogen-bond donors (Lipinski definition) is 0. The molecule has 0 amide bonds. The molecule has 0 aliphatic rings. The van der Waals surface area contributed by atoms with Crippen LogP contribution in [0.25, 0.3) is 10.4 Å². The van der Waals surface area contributed by atoms with Crippen LogP contribution in [0.2, 0.25) is 0 Å². The maximum Gasteiger partial charge on any atom is 0.587 e. The van der Waals surface area contributed by atoms with Crippen LogP contribution in [0, 0.1) is 0 Å². The molecule has 30 heavy (non-hydrogen) atoms. The first-order chi connectivity index (χ1) is 14.7. The van der Waals surface area contributed by atoms with E-state index in [-0.39, 0.29) is 13.2 Å². The molecule has 0 heterocycles. The summed E-state index contributed by atoms with van der Waals surface area (Å²) in [5.74, 6) is 1.21. The Labute approximate surface area is 174 Å². The largest absolute Gasteiger partial charge is 0.587 e. The van der Waals surface area contributed by atoms with Crippen LogP contribution in [-0.4, -0.2) is 19.3 Å². The van der Waals surface area contributed by atoms with Crippen LogP contribution >= 0.6 is 7.82 Å². The number of hydrogen-bond acceptors (Lipinski definition) is 6. The van der Waals surface area contributed by atoms with Gasteiger partial charge in [-0.2, -0.15) is 0 Å². The summed E-state index contributed by atoms with van der Waals surface area (Å²) < 4.78 is 36.0. The molecule has 0 aliphatic carbocycles. The lowest BCUT2D eigenvalue weighted by molar-refractivity contribution is 0.101. The summed E-state index contributed by atoms with van der Waals surface area (Å²) in [5.41, 5.74) is 8.70. The number of phosphoric ester groups is 1. The molecule has 1 unspecified atom stereocenters. The average Bonchev–Trinajstić information content (AvgIpc) is 2.77. The third kappa shape index (κ3) is 6.87. The van der Waals surface area contributed by atoms with Crippen LogP contribution in [-0.2, 0) is 9.09 Å². The van der Waals surface area contributed by atoms with Gasteiger partial charge in [0.15, 0.2) is 0 Å². The Kier molecular flexibility index (Phi) is 7.75. The van der Waals surface area contributed by atoms with Gasteiger partial charge in [0.05, 0.1) is 6.54 Å². The van der Waals surface area contributed by atoms with E-state index in [0.717, 1.165) is 0 Å². The highest BCUT2D eigenvalue weighted by molar-refractivity contribution is 7.49. The van der Waals surface area contributed by atoms with Crippen LogP contribution in [0.4, 0.5) is 0 Å². The Morgan fingerprint density at radius 3 is 1.73 bits per heavy atom. The van der Waals surface area contributed by atoms with E-state index in [9.17, 15) is 4.57 Å². The smallest absolute Gasteiger partial charge is 0.491 e. The molecule has 0 N–H and O–H groups in total. The number of phosphoric acid groups is 1. The van der Waals surface area contributed by atoms with Crippen molar-refractivity contribution in [2.75, 3.05) is 13.2 Å². The van der Waals surface area contributed by atoms with Crippen molar-refractivity contribution >= 4 is 7.82 Å². The topological polar surface area (TPSA) is 103 Å². The van der Waals surface area contributed by atoms with Gasteiger partial charge in [-0.25, -0.2) is 4.57 Å². The maximum atomic E-state index is 13.5. The SMILES string of the molecule is [N-]=[N+]=NCC(COc1ccccc1)OP(=O)(Oc1ccccc1)Oc1ccccc1. The Balaban J connectivity index is 1.79. The number of ether oxygens (including phenoxy) is 1. The lowest BCUT2D eigenvalue weighted by atomic mass is 10.3. The van der Waals surface area contributed by atoms with E-state index in [0.29, 0.717) is 17.2 Å². The van der Waals surface area contributed by atoms with Gasteiger partial charge < -0.3 is 13.8 Å². The zero-order valence-corrected chi connectivity index (χ0v) is 16.9. The van der Waals surface area contributed by atoms with Crippen LogP contribution < -0.4 is 13.8 Å². The normalized spacial score (nSPS) is 11.7. The molecule has 0 saturated carbocycles. The summed E-state index contributed by atoms with van der Waals surface area (Å²) >= 11 is 0. The van der Waals surface area contributed by atoms with Crippen molar-refractivity contribution in [2.24, 2.45) is 5.11 Å². The summed E-state index contributed by atoms with van der Waals surface area (Å²) in [7, 11) is -4.14. The molecule has 0 radical (unpaired) electrons. The first-order valence-electron chi connectivity index (χ1n) is 9.13. The van der Waals surface area contributed by atoms with Crippen molar-refractivity contribution < 1.29 is 22.9 Å². The second-order valence-corrected chi connectivity index (χ2v) is 7.49. The number of para-hydroxylation sites is 3. The monoisotopic (exact) mass is 425 g/mol. The average molecular weight is 425 g/mol. The van der Waals surface area contributed by atoms with E-state index >= 15 is 0 Å². The zero-order valence-electron chi connectivity index (χ0n) is 16.0. The summed E-state index contributed by atoms with van der Waals surface area (Å²) in [6.07, 6.45) is -0.876. The second-order valence-electron chi connectivity index (χ2n) is 6.02. The molecule has 3 rings (SSSR count). The van der Waals surface area contributed by atoms with Gasteiger partial charge in [-0.3, -0.25) is 4.52 Å². The fourth-order valence-corrected chi connectivity index (χ4v) is 3.79. The summed E-state index contributed by atoms with van der Waals surface area (Å²) in [5, 5.41) is 3.53. The predicted octanol–water partition coefficient (Wildman–Crippen LogP) is 6.03. The second kappa shape index (κ2) is 10.9.